The molecule has 1 aliphatic heterocycles. The Morgan fingerprint density at radius 2 is 1.93 bits per heavy atom. The largest absolute Gasteiger partial charge is 0.489 e. The fraction of sp³-hybridized carbons (Fsp3) is 0.364. The lowest BCUT2D eigenvalue weighted by atomic mass is 10.0. The van der Waals surface area contributed by atoms with E-state index in [1.807, 2.05) is 54.6 Å². The number of carbonyl (C=O) groups is 2. The minimum absolute atomic E-state index is 0.176. The molecule has 1 heterocycles. The Morgan fingerprint density at radius 3 is 2.64 bits per heavy atom. The number of hydrogen-bond acceptors (Lipinski definition) is 5. The molecule has 0 radical (unpaired) electrons. The molecule has 2 aromatic rings. The molecule has 0 aromatic heterocycles. The molecule has 2 aromatic carbocycles. The highest BCUT2D eigenvalue weighted by molar-refractivity contribution is 5.86. The van der Waals surface area contributed by atoms with Gasteiger partial charge in [0.1, 0.15) is 18.4 Å². The molecule has 2 atom stereocenters. The standard InChI is InChI=1S/C22H25NO5/c1-26-22(25)20(23-21(24)18-10-11-27-15-18)13-17-8-5-9-19(12-17)28-14-16-6-3-2-4-7-16/h2-9,12,18,20H,10-11,13-15H2,1H3,(H,23,24)/t18-,20+/m0/s1. The van der Waals surface area contributed by atoms with Crippen LogP contribution in [-0.4, -0.2) is 38.2 Å². The summed E-state index contributed by atoms with van der Waals surface area (Å²) in [5.41, 5.74) is 1.95. The summed E-state index contributed by atoms with van der Waals surface area (Å²) in [6, 6.07) is 16.7. The first-order chi connectivity index (χ1) is 13.7. The quantitative estimate of drug-likeness (QED) is 0.709. The van der Waals surface area contributed by atoms with E-state index < -0.39 is 12.0 Å². The predicted octanol–water partition coefficient (Wildman–Crippen LogP) is 2.50. The van der Waals surface area contributed by atoms with Crippen LogP contribution >= 0.6 is 0 Å². The van der Waals surface area contributed by atoms with Crippen LogP contribution < -0.4 is 10.1 Å². The number of ether oxygens (including phenoxy) is 3. The van der Waals surface area contributed by atoms with Gasteiger partial charge >= 0.3 is 5.97 Å². The molecule has 148 valence electrons. The second-order valence-electron chi connectivity index (χ2n) is 6.77. The van der Waals surface area contributed by atoms with Gasteiger partial charge in [0, 0.05) is 13.0 Å². The molecule has 0 aliphatic carbocycles. The van der Waals surface area contributed by atoms with E-state index in [1.165, 1.54) is 7.11 Å². The number of rotatable bonds is 8. The summed E-state index contributed by atoms with van der Waals surface area (Å²) in [5, 5.41) is 2.80. The molecule has 0 unspecified atom stereocenters. The molecule has 6 nitrogen and oxygen atoms in total. The van der Waals surface area contributed by atoms with Crippen molar-refractivity contribution >= 4 is 11.9 Å². The van der Waals surface area contributed by atoms with Gasteiger partial charge in [-0.3, -0.25) is 4.79 Å². The summed E-state index contributed by atoms with van der Waals surface area (Å²) in [6.07, 6.45) is 0.997. The van der Waals surface area contributed by atoms with Gasteiger partial charge in [-0.1, -0.05) is 42.5 Å². The van der Waals surface area contributed by atoms with Crippen LogP contribution in [0.1, 0.15) is 17.5 Å². The molecule has 0 spiro atoms. The maximum atomic E-state index is 12.4. The molecule has 1 aliphatic rings. The number of nitrogens with one attached hydrogen (secondary N) is 1. The smallest absolute Gasteiger partial charge is 0.328 e. The fourth-order valence-electron chi connectivity index (χ4n) is 3.11. The van der Waals surface area contributed by atoms with E-state index in [2.05, 4.69) is 5.32 Å². The highest BCUT2D eigenvalue weighted by Crippen LogP contribution is 2.18. The van der Waals surface area contributed by atoms with Crippen LogP contribution in [-0.2, 0) is 32.1 Å². The van der Waals surface area contributed by atoms with Crippen molar-refractivity contribution in [2.75, 3.05) is 20.3 Å². The molecule has 1 saturated heterocycles. The molecular weight excluding hydrogens is 358 g/mol. The predicted molar refractivity (Wildman–Crippen MR) is 104 cm³/mol. The maximum absolute atomic E-state index is 12.4. The number of esters is 1. The monoisotopic (exact) mass is 383 g/mol. The Morgan fingerprint density at radius 1 is 1.14 bits per heavy atom. The topological polar surface area (TPSA) is 73.9 Å². The van der Waals surface area contributed by atoms with Gasteiger partial charge in [-0.15, -0.1) is 0 Å². The molecule has 28 heavy (non-hydrogen) atoms. The summed E-state index contributed by atoms with van der Waals surface area (Å²) in [7, 11) is 1.32. The lowest BCUT2D eigenvalue weighted by Gasteiger charge is -2.19. The molecule has 0 bridgehead atoms. The van der Waals surface area contributed by atoms with Gasteiger partial charge in [-0.25, -0.2) is 4.79 Å². The number of hydrogen-bond donors (Lipinski definition) is 1. The van der Waals surface area contributed by atoms with E-state index in [9.17, 15) is 9.59 Å². The maximum Gasteiger partial charge on any atom is 0.328 e. The Hall–Kier alpha value is -2.86. The average Bonchev–Trinajstić information content (AvgIpc) is 3.27. The number of benzene rings is 2. The molecule has 1 N–H and O–H groups in total. The zero-order valence-corrected chi connectivity index (χ0v) is 15.9. The van der Waals surface area contributed by atoms with Crippen LogP contribution in [0.15, 0.2) is 54.6 Å². The summed E-state index contributed by atoms with van der Waals surface area (Å²) in [4.78, 5) is 24.5. The third-order valence-corrected chi connectivity index (χ3v) is 4.69. The van der Waals surface area contributed by atoms with Gasteiger partial charge in [-0.2, -0.15) is 0 Å². The molecular formula is C22H25NO5. The third-order valence-electron chi connectivity index (χ3n) is 4.69. The van der Waals surface area contributed by atoms with E-state index in [0.29, 0.717) is 38.4 Å². The zero-order chi connectivity index (χ0) is 19.8. The van der Waals surface area contributed by atoms with Crippen molar-refractivity contribution in [3.05, 3.63) is 65.7 Å². The second-order valence-corrected chi connectivity index (χ2v) is 6.77. The minimum atomic E-state index is -0.748. The van der Waals surface area contributed by atoms with Crippen LogP contribution in [0.25, 0.3) is 0 Å². The zero-order valence-electron chi connectivity index (χ0n) is 15.9. The van der Waals surface area contributed by atoms with Crippen molar-refractivity contribution in [1.82, 2.24) is 5.32 Å². The summed E-state index contributed by atoms with van der Waals surface area (Å²) in [6.45, 7) is 1.42. The van der Waals surface area contributed by atoms with Crippen molar-refractivity contribution in [1.29, 1.82) is 0 Å². The Kier molecular flexibility index (Phi) is 7.03. The Balaban J connectivity index is 1.63. The van der Waals surface area contributed by atoms with E-state index in [4.69, 9.17) is 14.2 Å². The van der Waals surface area contributed by atoms with Crippen molar-refractivity contribution in [2.24, 2.45) is 5.92 Å². The minimum Gasteiger partial charge on any atom is -0.489 e. The van der Waals surface area contributed by atoms with Gasteiger partial charge in [0.25, 0.3) is 0 Å². The van der Waals surface area contributed by atoms with Crippen LogP contribution in [0.2, 0.25) is 0 Å². The molecule has 1 fully saturated rings. The van der Waals surface area contributed by atoms with Gasteiger partial charge in [0.15, 0.2) is 0 Å². The van der Waals surface area contributed by atoms with Gasteiger partial charge < -0.3 is 19.5 Å². The summed E-state index contributed by atoms with van der Waals surface area (Å²) >= 11 is 0. The van der Waals surface area contributed by atoms with Crippen molar-refractivity contribution in [3.8, 4) is 5.75 Å². The highest BCUT2D eigenvalue weighted by Gasteiger charge is 2.28. The van der Waals surface area contributed by atoms with Gasteiger partial charge in [-0.05, 0) is 29.7 Å². The molecule has 1 amide bonds. The summed E-state index contributed by atoms with van der Waals surface area (Å²) in [5.74, 6) is -0.152. The highest BCUT2D eigenvalue weighted by atomic mass is 16.5. The third kappa shape index (κ3) is 5.57. The molecule has 6 heteroatoms. The van der Waals surface area contributed by atoms with E-state index in [1.54, 1.807) is 0 Å². The first-order valence-electron chi connectivity index (χ1n) is 9.37. The van der Waals surface area contributed by atoms with Crippen LogP contribution in [0.5, 0.6) is 5.75 Å². The lowest BCUT2D eigenvalue weighted by molar-refractivity contribution is -0.145. The average molecular weight is 383 g/mol. The van der Waals surface area contributed by atoms with Crippen LogP contribution in [0.3, 0.4) is 0 Å². The number of amides is 1. The van der Waals surface area contributed by atoms with Gasteiger partial charge in [0.2, 0.25) is 5.91 Å². The normalized spacial score (nSPS) is 17.0. The van der Waals surface area contributed by atoms with Crippen LogP contribution in [0.4, 0.5) is 0 Å². The SMILES string of the molecule is COC(=O)[C@@H](Cc1cccc(OCc2ccccc2)c1)NC(=O)[C@H]1CCOC1. The van der Waals surface area contributed by atoms with E-state index >= 15 is 0 Å². The van der Waals surface area contributed by atoms with Gasteiger partial charge in [0.05, 0.1) is 19.6 Å². The van der Waals surface area contributed by atoms with E-state index in [0.717, 1.165) is 11.1 Å². The lowest BCUT2D eigenvalue weighted by Crippen LogP contribution is -2.45. The van der Waals surface area contributed by atoms with Crippen molar-refractivity contribution in [2.45, 2.75) is 25.5 Å². The Bertz CT molecular complexity index is 787. The van der Waals surface area contributed by atoms with Crippen molar-refractivity contribution < 1.29 is 23.8 Å². The second kappa shape index (κ2) is 9.90. The molecule has 0 saturated carbocycles. The number of methoxy groups -OCH3 is 1. The first-order valence-corrected chi connectivity index (χ1v) is 9.37. The van der Waals surface area contributed by atoms with Crippen molar-refractivity contribution in [3.63, 3.8) is 0 Å². The molecule has 3 rings (SSSR count). The summed E-state index contributed by atoms with van der Waals surface area (Å²) < 4.78 is 16.0. The van der Waals surface area contributed by atoms with Crippen LogP contribution in [0, 0.1) is 5.92 Å². The number of carbonyl (C=O) groups excluding carboxylic acids is 2. The fourth-order valence-corrected chi connectivity index (χ4v) is 3.11. The first kappa shape index (κ1) is 19.9. The van der Waals surface area contributed by atoms with E-state index in [-0.39, 0.29) is 11.8 Å². The Labute approximate surface area is 164 Å².